The largest absolute Gasteiger partial charge is 0.327 e. The van der Waals surface area contributed by atoms with Crippen LogP contribution in [0, 0.1) is 12.1 Å². The Labute approximate surface area is 236 Å². The molecule has 4 aromatic carbocycles. The fraction of sp³-hybridized carbons (Fsp3) is 0. The van der Waals surface area contributed by atoms with Crippen molar-refractivity contribution in [1.29, 1.82) is 0 Å². The summed E-state index contributed by atoms with van der Waals surface area (Å²) in [5.74, 6) is 0. The van der Waals surface area contributed by atoms with Crippen LogP contribution in [0.1, 0.15) is 0 Å². The molecule has 0 amide bonds. The van der Waals surface area contributed by atoms with E-state index in [9.17, 15) is 0 Å². The van der Waals surface area contributed by atoms with Crippen LogP contribution in [0.4, 0.5) is 0 Å². The summed E-state index contributed by atoms with van der Waals surface area (Å²) in [7, 11) is 0. The van der Waals surface area contributed by atoms with E-state index in [1.54, 1.807) is 12.4 Å². The second kappa shape index (κ2) is 13.8. The molecule has 4 heteroatoms. The van der Waals surface area contributed by atoms with Gasteiger partial charge in [0, 0.05) is 49.5 Å². The number of pyridine rings is 2. The molecule has 7 rings (SSSR count). The van der Waals surface area contributed by atoms with Crippen LogP contribution in [-0.2, 0) is 20.1 Å². The number of fused-ring (bicyclic) bond motifs is 3. The summed E-state index contributed by atoms with van der Waals surface area (Å²) >= 11 is 0. The summed E-state index contributed by atoms with van der Waals surface area (Å²) in [6, 6.07) is 50.8. The smallest absolute Gasteiger partial charge is 0.0523 e. The first kappa shape index (κ1) is 26.7. The predicted octanol–water partition coefficient (Wildman–Crippen LogP) is 8.21. The third-order valence-electron chi connectivity index (χ3n) is 5.74. The molecular weight excluding hydrogens is 643 g/mol. The minimum atomic E-state index is 0. The van der Waals surface area contributed by atoms with Gasteiger partial charge < -0.3 is 9.55 Å². The Morgan fingerprint density at radius 2 is 1.16 bits per heavy atom. The van der Waals surface area contributed by atoms with Crippen LogP contribution in [0.15, 0.2) is 152 Å². The molecule has 1 radical (unpaired) electrons. The van der Waals surface area contributed by atoms with Crippen LogP contribution in [0.25, 0.3) is 38.8 Å². The third kappa shape index (κ3) is 6.49. The van der Waals surface area contributed by atoms with Crippen molar-refractivity contribution >= 4 is 21.8 Å². The van der Waals surface area contributed by atoms with Crippen molar-refractivity contribution in [2.24, 2.45) is 0 Å². The first-order valence-electron chi connectivity index (χ1n) is 12.1. The summed E-state index contributed by atoms with van der Waals surface area (Å²) < 4.78 is 2.31. The topological polar surface area (TPSA) is 30.7 Å². The molecule has 0 saturated carbocycles. The molecule has 0 bridgehead atoms. The molecule has 0 aliphatic heterocycles. The van der Waals surface area contributed by atoms with E-state index in [-0.39, 0.29) is 20.1 Å². The Balaban J connectivity index is 0.000000214. The first-order chi connectivity index (χ1) is 18.4. The van der Waals surface area contributed by atoms with E-state index in [0.29, 0.717) is 0 Å². The second-order valence-electron chi connectivity index (χ2n) is 8.15. The number of hydrogen-bond acceptors (Lipinski definition) is 2. The van der Waals surface area contributed by atoms with Gasteiger partial charge >= 0.3 is 0 Å². The van der Waals surface area contributed by atoms with E-state index in [1.165, 1.54) is 21.8 Å². The summed E-state index contributed by atoms with van der Waals surface area (Å²) in [6.45, 7) is 0. The average Bonchev–Trinajstić information content (AvgIpc) is 3.35. The number of aromatic nitrogens is 3. The van der Waals surface area contributed by atoms with Crippen molar-refractivity contribution in [3.63, 3.8) is 0 Å². The average molecular weight is 668 g/mol. The van der Waals surface area contributed by atoms with E-state index in [2.05, 4.69) is 87.3 Å². The number of para-hydroxylation sites is 2. The van der Waals surface area contributed by atoms with Gasteiger partial charge in [0.2, 0.25) is 0 Å². The summed E-state index contributed by atoms with van der Waals surface area (Å²) in [5, 5.41) is 2.54. The molecular formula is C34H25IrN3-2. The van der Waals surface area contributed by atoms with Crippen LogP contribution in [0.5, 0.6) is 0 Å². The number of benzene rings is 4. The number of hydrogen-bond donors (Lipinski definition) is 0. The van der Waals surface area contributed by atoms with Crippen molar-refractivity contribution in [3.05, 3.63) is 164 Å². The van der Waals surface area contributed by atoms with Gasteiger partial charge in [0.15, 0.2) is 0 Å². The van der Waals surface area contributed by atoms with Gasteiger partial charge in [-0.1, -0.05) is 54.6 Å². The molecule has 0 unspecified atom stereocenters. The fourth-order valence-electron chi connectivity index (χ4n) is 4.12. The minimum Gasteiger partial charge on any atom is -0.327 e. The Morgan fingerprint density at radius 3 is 1.66 bits per heavy atom. The van der Waals surface area contributed by atoms with Crippen molar-refractivity contribution in [2.75, 3.05) is 0 Å². The second-order valence-corrected chi connectivity index (χ2v) is 8.15. The van der Waals surface area contributed by atoms with Crippen LogP contribution in [0.3, 0.4) is 0 Å². The van der Waals surface area contributed by atoms with Gasteiger partial charge in [-0.15, -0.1) is 29.8 Å². The van der Waals surface area contributed by atoms with Crippen LogP contribution < -0.4 is 0 Å². The Kier molecular flexibility index (Phi) is 9.69. The van der Waals surface area contributed by atoms with Gasteiger partial charge in [0.05, 0.1) is 11.0 Å². The van der Waals surface area contributed by atoms with Crippen LogP contribution in [-0.4, -0.2) is 14.5 Å². The molecule has 0 aliphatic carbocycles. The van der Waals surface area contributed by atoms with E-state index in [1.807, 2.05) is 79.0 Å². The molecule has 38 heavy (non-hydrogen) atoms. The van der Waals surface area contributed by atoms with Crippen LogP contribution >= 0.6 is 0 Å². The summed E-state index contributed by atoms with van der Waals surface area (Å²) in [6.07, 6.45) is 5.32. The molecule has 3 heterocycles. The molecule has 3 nitrogen and oxygen atoms in total. The molecule has 7 aromatic rings. The van der Waals surface area contributed by atoms with E-state index < -0.39 is 0 Å². The van der Waals surface area contributed by atoms with Gasteiger partial charge in [-0.3, -0.25) is 4.98 Å². The third-order valence-corrected chi connectivity index (χ3v) is 5.74. The maximum absolute atomic E-state index is 4.46. The molecule has 3 aromatic heterocycles. The van der Waals surface area contributed by atoms with Gasteiger partial charge in [0.1, 0.15) is 0 Å². The van der Waals surface area contributed by atoms with Crippen molar-refractivity contribution in [3.8, 4) is 16.9 Å². The molecule has 0 aliphatic rings. The minimum absolute atomic E-state index is 0. The Hall–Kier alpha value is -4.37. The molecule has 0 spiro atoms. The van der Waals surface area contributed by atoms with E-state index in [0.717, 1.165) is 16.9 Å². The fourth-order valence-corrected chi connectivity index (χ4v) is 4.12. The molecule has 0 saturated heterocycles. The zero-order chi connectivity index (χ0) is 25.1. The molecule has 0 atom stereocenters. The van der Waals surface area contributed by atoms with Crippen LogP contribution in [0.2, 0.25) is 0 Å². The van der Waals surface area contributed by atoms with Gasteiger partial charge in [-0.05, 0) is 41.7 Å². The zero-order valence-corrected chi connectivity index (χ0v) is 23.0. The van der Waals surface area contributed by atoms with Gasteiger partial charge in [-0.2, -0.15) is 36.4 Å². The quantitative estimate of drug-likeness (QED) is 0.174. The SMILES string of the molecule is [Ir].[c-]1ccc(-n2c3ccccc3c3ccccc32)cc1-c1ccccn1.[c-]1ccccc1.c1ccncc1. The Bertz CT molecular complexity index is 1530. The predicted molar refractivity (Wildman–Crippen MR) is 152 cm³/mol. The van der Waals surface area contributed by atoms with Gasteiger partial charge in [0.25, 0.3) is 0 Å². The number of rotatable bonds is 2. The van der Waals surface area contributed by atoms with Crippen molar-refractivity contribution < 1.29 is 20.1 Å². The molecule has 0 fully saturated rings. The van der Waals surface area contributed by atoms with Gasteiger partial charge in [-0.25, -0.2) is 0 Å². The first-order valence-corrected chi connectivity index (χ1v) is 12.1. The normalized spacial score (nSPS) is 9.89. The van der Waals surface area contributed by atoms with Crippen molar-refractivity contribution in [2.45, 2.75) is 0 Å². The summed E-state index contributed by atoms with van der Waals surface area (Å²) in [5.41, 5.74) is 5.48. The molecule has 187 valence electrons. The van der Waals surface area contributed by atoms with Crippen molar-refractivity contribution in [1.82, 2.24) is 14.5 Å². The molecule has 0 N–H and O–H groups in total. The standard InChI is InChI=1S/C23H15N2.C6H5.C5H5N.Ir/c1-3-13-22-19(10-1)20-11-2-4-14-23(20)25(22)18-9-7-8-17(16-18)21-12-5-6-15-24-21;2*1-2-4-6-5-3-1;/h1-7,9-16H;2*1-5H;/q2*-1;;. The maximum Gasteiger partial charge on any atom is 0.0523 e. The van der Waals surface area contributed by atoms with E-state index in [4.69, 9.17) is 0 Å². The van der Waals surface area contributed by atoms with E-state index >= 15 is 0 Å². The Morgan fingerprint density at radius 1 is 0.553 bits per heavy atom. The number of nitrogens with zero attached hydrogens (tertiary/aromatic N) is 3. The summed E-state index contributed by atoms with van der Waals surface area (Å²) in [4.78, 5) is 8.24. The zero-order valence-electron chi connectivity index (χ0n) is 20.6. The maximum atomic E-state index is 4.46. The monoisotopic (exact) mass is 668 g/mol.